The lowest BCUT2D eigenvalue weighted by Gasteiger charge is -2.22. The molecule has 2 aromatic rings. The van der Waals surface area contributed by atoms with E-state index in [4.69, 9.17) is 0 Å². The smallest absolute Gasteiger partial charge is 0.254 e. The lowest BCUT2D eigenvalue weighted by molar-refractivity contribution is -0.120. The van der Waals surface area contributed by atoms with Crippen LogP contribution >= 0.6 is 11.3 Å². The highest BCUT2D eigenvalue weighted by atomic mass is 32.1. The molecule has 6 heteroatoms. The van der Waals surface area contributed by atoms with E-state index in [9.17, 15) is 9.59 Å². The lowest BCUT2D eigenvalue weighted by Crippen LogP contribution is -2.43. The van der Waals surface area contributed by atoms with Gasteiger partial charge in [-0.1, -0.05) is 12.1 Å². The SMILES string of the molecule is Cc1csc(CN2C(=O)C(C)NC(=O)c3ccccc32)n1. The van der Waals surface area contributed by atoms with Crippen LogP contribution in [-0.4, -0.2) is 22.8 Å². The Morgan fingerprint density at radius 3 is 2.81 bits per heavy atom. The second kappa shape index (κ2) is 5.29. The van der Waals surface area contributed by atoms with E-state index < -0.39 is 6.04 Å². The fraction of sp³-hybridized carbons (Fsp3) is 0.267. The van der Waals surface area contributed by atoms with Crippen molar-refractivity contribution in [1.29, 1.82) is 0 Å². The zero-order valence-corrected chi connectivity index (χ0v) is 12.6. The first-order valence-corrected chi connectivity index (χ1v) is 7.56. The van der Waals surface area contributed by atoms with Gasteiger partial charge >= 0.3 is 0 Å². The van der Waals surface area contributed by atoms with Crippen LogP contribution in [0.25, 0.3) is 0 Å². The first kappa shape index (κ1) is 13.8. The van der Waals surface area contributed by atoms with Gasteiger partial charge in [-0.2, -0.15) is 0 Å². The van der Waals surface area contributed by atoms with Gasteiger partial charge in [0.15, 0.2) is 0 Å². The maximum atomic E-state index is 12.6. The maximum Gasteiger partial charge on any atom is 0.254 e. The van der Waals surface area contributed by atoms with Crippen molar-refractivity contribution in [3.05, 3.63) is 45.9 Å². The Balaban J connectivity index is 2.04. The Hall–Kier alpha value is -2.21. The molecule has 108 valence electrons. The lowest BCUT2D eigenvalue weighted by atomic mass is 10.1. The second-order valence-corrected chi connectivity index (χ2v) is 5.96. The number of nitrogens with zero attached hydrogens (tertiary/aromatic N) is 2. The van der Waals surface area contributed by atoms with Crippen molar-refractivity contribution in [3.8, 4) is 0 Å². The minimum Gasteiger partial charge on any atom is -0.340 e. The average molecular weight is 301 g/mol. The first-order chi connectivity index (χ1) is 10.1. The summed E-state index contributed by atoms with van der Waals surface area (Å²) in [7, 11) is 0. The third kappa shape index (κ3) is 2.54. The van der Waals surface area contributed by atoms with Gasteiger partial charge in [0, 0.05) is 11.1 Å². The molecule has 1 N–H and O–H groups in total. The number of fused-ring (bicyclic) bond motifs is 1. The summed E-state index contributed by atoms with van der Waals surface area (Å²) in [4.78, 5) is 30.8. The molecule has 1 unspecified atom stereocenters. The van der Waals surface area contributed by atoms with Gasteiger partial charge in [0.25, 0.3) is 5.91 Å². The number of benzene rings is 1. The number of carbonyl (C=O) groups excluding carboxylic acids is 2. The molecule has 2 heterocycles. The Bertz CT molecular complexity index is 710. The highest BCUT2D eigenvalue weighted by molar-refractivity contribution is 7.09. The molecule has 1 aliphatic rings. The number of amides is 2. The van der Waals surface area contributed by atoms with Crippen molar-refractivity contribution in [1.82, 2.24) is 10.3 Å². The van der Waals surface area contributed by atoms with E-state index in [1.165, 1.54) is 11.3 Å². The van der Waals surface area contributed by atoms with Crippen LogP contribution in [0.2, 0.25) is 0 Å². The summed E-state index contributed by atoms with van der Waals surface area (Å²) in [6.07, 6.45) is 0. The summed E-state index contributed by atoms with van der Waals surface area (Å²) in [5.74, 6) is -0.342. The summed E-state index contributed by atoms with van der Waals surface area (Å²) in [6, 6.07) is 6.60. The summed E-state index contributed by atoms with van der Waals surface area (Å²) in [6.45, 7) is 4.01. The number of hydrogen-bond donors (Lipinski definition) is 1. The Labute approximate surface area is 126 Å². The topological polar surface area (TPSA) is 62.3 Å². The summed E-state index contributed by atoms with van der Waals surface area (Å²) in [5.41, 5.74) is 2.09. The van der Waals surface area contributed by atoms with Crippen LogP contribution in [0.5, 0.6) is 0 Å². The van der Waals surface area contributed by atoms with Gasteiger partial charge in [-0.05, 0) is 26.0 Å². The van der Waals surface area contributed by atoms with Crippen LogP contribution < -0.4 is 10.2 Å². The highest BCUT2D eigenvalue weighted by Gasteiger charge is 2.31. The largest absolute Gasteiger partial charge is 0.340 e. The quantitative estimate of drug-likeness (QED) is 0.924. The number of para-hydroxylation sites is 1. The third-order valence-corrected chi connectivity index (χ3v) is 4.33. The number of hydrogen-bond acceptors (Lipinski definition) is 4. The minimum atomic E-state index is -0.550. The second-order valence-electron chi connectivity index (χ2n) is 5.02. The van der Waals surface area contributed by atoms with Crippen molar-refractivity contribution < 1.29 is 9.59 Å². The van der Waals surface area contributed by atoms with Gasteiger partial charge in [0.2, 0.25) is 5.91 Å². The molecule has 5 nitrogen and oxygen atoms in total. The van der Waals surface area contributed by atoms with E-state index in [1.54, 1.807) is 30.0 Å². The number of anilines is 1. The molecule has 0 saturated heterocycles. The average Bonchev–Trinajstić information content (AvgIpc) is 2.85. The molecule has 0 radical (unpaired) electrons. The molecular formula is C15H15N3O2S. The van der Waals surface area contributed by atoms with Crippen LogP contribution in [0.1, 0.15) is 28.0 Å². The number of rotatable bonds is 2. The van der Waals surface area contributed by atoms with E-state index in [-0.39, 0.29) is 11.8 Å². The summed E-state index contributed by atoms with van der Waals surface area (Å²) in [5, 5.41) is 5.53. The molecule has 1 aromatic heterocycles. The molecule has 1 aliphatic heterocycles. The maximum absolute atomic E-state index is 12.6. The number of aryl methyl sites for hydroxylation is 1. The van der Waals surface area contributed by atoms with Crippen molar-refractivity contribution in [3.63, 3.8) is 0 Å². The van der Waals surface area contributed by atoms with E-state index in [0.717, 1.165) is 10.7 Å². The van der Waals surface area contributed by atoms with Gasteiger partial charge in [-0.15, -0.1) is 11.3 Å². The normalized spacial score (nSPS) is 18.2. The molecule has 1 atom stereocenters. The van der Waals surface area contributed by atoms with Crippen LogP contribution in [-0.2, 0) is 11.3 Å². The predicted molar refractivity (Wildman–Crippen MR) is 81.4 cm³/mol. The Morgan fingerprint density at radius 2 is 2.10 bits per heavy atom. The number of carbonyl (C=O) groups is 2. The molecule has 0 fully saturated rings. The van der Waals surface area contributed by atoms with Gasteiger partial charge < -0.3 is 10.2 Å². The Kier molecular flexibility index (Phi) is 3.47. The molecular weight excluding hydrogens is 286 g/mol. The first-order valence-electron chi connectivity index (χ1n) is 6.68. The number of thiazole rings is 1. The molecule has 1 aromatic carbocycles. The van der Waals surface area contributed by atoms with Gasteiger partial charge in [0.05, 0.1) is 17.8 Å². The fourth-order valence-electron chi connectivity index (χ4n) is 2.36. The number of nitrogens with one attached hydrogen (secondary N) is 1. The van der Waals surface area contributed by atoms with Crippen LogP contribution in [0.4, 0.5) is 5.69 Å². The molecule has 0 spiro atoms. The third-order valence-electron chi connectivity index (χ3n) is 3.38. The van der Waals surface area contributed by atoms with Crippen molar-refractivity contribution >= 4 is 28.8 Å². The van der Waals surface area contributed by atoms with E-state index in [1.807, 2.05) is 18.4 Å². The molecule has 2 amide bonds. The van der Waals surface area contributed by atoms with Crippen LogP contribution in [0.3, 0.4) is 0 Å². The van der Waals surface area contributed by atoms with Gasteiger partial charge in [-0.25, -0.2) is 4.98 Å². The van der Waals surface area contributed by atoms with Crippen molar-refractivity contribution in [2.24, 2.45) is 0 Å². The molecule has 3 rings (SSSR count). The van der Waals surface area contributed by atoms with E-state index in [2.05, 4.69) is 10.3 Å². The predicted octanol–water partition coefficient (Wildman–Crippen LogP) is 2.12. The molecule has 0 bridgehead atoms. The van der Waals surface area contributed by atoms with Crippen LogP contribution in [0.15, 0.2) is 29.6 Å². The van der Waals surface area contributed by atoms with Gasteiger partial charge in [0.1, 0.15) is 11.0 Å². The zero-order chi connectivity index (χ0) is 15.0. The summed E-state index contributed by atoms with van der Waals surface area (Å²) < 4.78 is 0. The molecule has 0 aliphatic carbocycles. The zero-order valence-electron chi connectivity index (χ0n) is 11.8. The number of aromatic nitrogens is 1. The minimum absolute atomic E-state index is 0.124. The van der Waals surface area contributed by atoms with Crippen molar-refractivity contribution in [2.45, 2.75) is 26.4 Å². The van der Waals surface area contributed by atoms with Crippen LogP contribution in [0, 0.1) is 6.92 Å². The fourth-order valence-corrected chi connectivity index (χ4v) is 3.12. The van der Waals surface area contributed by atoms with E-state index >= 15 is 0 Å². The van der Waals surface area contributed by atoms with E-state index in [0.29, 0.717) is 17.8 Å². The Morgan fingerprint density at radius 1 is 1.33 bits per heavy atom. The standard InChI is InChI=1S/C15H15N3O2S/c1-9-8-21-13(16-9)7-18-12-6-4-3-5-11(12)14(19)17-10(2)15(18)20/h3-6,8,10H,7H2,1-2H3,(H,17,19). The highest BCUT2D eigenvalue weighted by Crippen LogP contribution is 2.26. The molecule has 0 saturated carbocycles. The monoisotopic (exact) mass is 301 g/mol. The molecule has 21 heavy (non-hydrogen) atoms. The van der Waals surface area contributed by atoms with Gasteiger partial charge in [-0.3, -0.25) is 9.59 Å². The van der Waals surface area contributed by atoms with Crippen molar-refractivity contribution in [2.75, 3.05) is 4.90 Å². The summed E-state index contributed by atoms with van der Waals surface area (Å²) >= 11 is 1.52.